The fraction of sp³-hybridized carbons (Fsp3) is 0.600. The number of hydrogen-bond donors (Lipinski definition) is 1. The van der Waals surface area contributed by atoms with Crippen LogP contribution in [0.1, 0.15) is 33.1 Å². The average Bonchev–Trinajstić information content (AvgIpc) is 2.05. The van der Waals surface area contributed by atoms with E-state index in [1.807, 2.05) is 0 Å². The molecule has 0 radical (unpaired) electrons. The Morgan fingerprint density at radius 2 is 2.23 bits per heavy atom. The van der Waals surface area contributed by atoms with Crippen molar-refractivity contribution in [2.75, 3.05) is 0 Å². The van der Waals surface area contributed by atoms with Crippen molar-refractivity contribution >= 4 is 12.3 Å². The molecule has 0 aromatic heterocycles. The van der Waals surface area contributed by atoms with E-state index in [4.69, 9.17) is 14.7 Å². The maximum atomic E-state index is 9.00. The molecule has 0 bridgehead atoms. The Kier molecular flexibility index (Phi) is 5.85. The number of carbonyl (C=O) groups excluding carboxylic acids is 1. The van der Waals surface area contributed by atoms with Gasteiger partial charge in [0.05, 0.1) is 0 Å². The molecule has 1 aliphatic rings. The zero-order valence-corrected chi connectivity index (χ0v) is 8.12. The minimum absolute atomic E-state index is 0.167. The van der Waals surface area contributed by atoms with Gasteiger partial charge in [0.15, 0.2) is 0 Å². The fourth-order valence-electron chi connectivity index (χ4n) is 1.36. The molecule has 0 spiro atoms. The van der Waals surface area contributed by atoms with E-state index in [0.717, 1.165) is 5.92 Å². The molecule has 13 heavy (non-hydrogen) atoms. The van der Waals surface area contributed by atoms with Crippen molar-refractivity contribution in [1.29, 1.82) is 0 Å². The predicted octanol–water partition coefficient (Wildman–Crippen LogP) is 2.02. The van der Waals surface area contributed by atoms with Gasteiger partial charge in [-0.15, -0.1) is 0 Å². The van der Waals surface area contributed by atoms with Crippen LogP contribution in [0.15, 0.2) is 11.6 Å². The third kappa shape index (κ3) is 7.25. The molecule has 0 fully saturated rings. The molecule has 3 nitrogen and oxygen atoms in total. The number of carbonyl (C=O) groups is 2. The topological polar surface area (TPSA) is 54.4 Å². The van der Waals surface area contributed by atoms with Gasteiger partial charge in [0.2, 0.25) is 6.29 Å². The molecular formula is C10H16O3. The normalized spacial score (nSPS) is 20.8. The first-order chi connectivity index (χ1) is 6.06. The molecule has 0 heterocycles. The lowest BCUT2D eigenvalue weighted by atomic mass is 9.93. The van der Waals surface area contributed by atoms with Gasteiger partial charge >= 0.3 is 5.97 Å². The van der Waals surface area contributed by atoms with Crippen LogP contribution in [0, 0.1) is 5.92 Å². The number of carboxylic acid groups (broad SMARTS) is 1. The van der Waals surface area contributed by atoms with Crippen LogP contribution in [0.2, 0.25) is 0 Å². The van der Waals surface area contributed by atoms with Crippen LogP contribution in [-0.2, 0) is 9.59 Å². The Balaban J connectivity index is 0.000000252. The molecule has 0 aliphatic heterocycles. The van der Waals surface area contributed by atoms with E-state index in [9.17, 15) is 0 Å². The van der Waals surface area contributed by atoms with Crippen LogP contribution in [0.5, 0.6) is 0 Å². The number of aliphatic carboxylic acids is 1. The van der Waals surface area contributed by atoms with Crippen molar-refractivity contribution in [2.24, 2.45) is 5.92 Å². The Morgan fingerprint density at radius 3 is 2.46 bits per heavy atom. The molecule has 1 atom stereocenters. The van der Waals surface area contributed by atoms with E-state index >= 15 is 0 Å². The molecular weight excluding hydrogens is 168 g/mol. The van der Waals surface area contributed by atoms with Gasteiger partial charge in [-0.1, -0.05) is 18.6 Å². The second-order valence-corrected chi connectivity index (χ2v) is 3.34. The second-order valence-electron chi connectivity index (χ2n) is 3.34. The Bertz CT molecular complexity index is 206. The molecule has 1 aliphatic carbocycles. The predicted molar refractivity (Wildman–Crippen MR) is 50.5 cm³/mol. The maximum Gasteiger partial charge on any atom is 0.368 e. The lowest BCUT2D eigenvalue weighted by Gasteiger charge is -2.13. The van der Waals surface area contributed by atoms with Crippen LogP contribution < -0.4 is 0 Å². The molecule has 0 aromatic carbocycles. The number of allylic oxidation sites excluding steroid dienone is 2. The lowest BCUT2D eigenvalue weighted by molar-refractivity contribution is -0.143. The van der Waals surface area contributed by atoms with Gasteiger partial charge in [-0.2, -0.15) is 0 Å². The van der Waals surface area contributed by atoms with Crippen LogP contribution in [-0.4, -0.2) is 17.4 Å². The highest BCUT2D eigenvalue weighted by Crippen LogP contribution is 2.20. The maximum absolute atomic E-state index is 9.00. The summed E-state index contributed by atoms with van der Waals surface area (Å²) in [6, 6.07) is 0. The number of rotatable bonds is 1. The van der Waals surface area contributed by atoms with Crippen molar-refractivity contribution in [3.05, 3.63) is 11.6 Å². The van der Waals surface area contributed by atoms with Gasteiger partial charge in [0, 0.05) is 0 Å². The highest BCUT2D eigenvalue weighted by atomic mass is 16.4. The summed E-state index contributed by atoms with van der Waals surface area (Å²) in [4.78, 5) is 17.9. The average molecular weight is 184 g/mol. The molecule has 1 N–H and O–H groups in total. The third-order valence-corrected chi connectivity index (χ3v) is 1.90. The van der Waals surface area contributed by atoms with Crippen molar-refractivity contribution in [2.45, 2.75) is 33.1 Å². The Morgan fingerprint density at radius 1 is 1.69 bits per heavy atom. The van der Waals surface area contributed by atoms with Crippen molar-refractivity contribution in [3.63, 3.8) is 0 Å². The molecule has 0 amide bonds. The number of carboxylic acids is 1. The smallest absolute Gasteiger partial charge is 0.368 e. The monoisotopic (exact) mass is 184 g/mol. The molecule has 0 saturated carbocycles. The van der Waals surface area contributed by atoms with Gasteiger partial charge in [-0.3, -0.25) is 4.79 Å². The van der Waals surface area contributed by atoms with Crippen LogP contribution >= 0.6 is 0 Å². The summed E-state index contributed by atoms with van der Waals surface area (Å²) in [7, 11) is 0. The SMILES string of the molecule is CC1=CC(C)CCC1.O=CC(=O)O. The first-order valence-electron chi connectivity index (χ1n) is 4.41. The summed E-state index contributed by atoms with van der Waals surface area (Å²) in [6.07, 6.45) is 6.37. The van der Waals surface area contributed by atoms with Crippen LogP contribution in [0.4, 0.5) is 0 Å². The first kappa shape index (κ1) is 11.9. The highest BCUT2D eigenvalue weighted by molar-refractivity contribution is 6.19. The summed E-state index contributed by atoms with van der Waals surface area (Å²) < 4.78 is 0. The fourth-order valence-corrected chi connectivity index (χ4v) is 1.36. The lowest BCUT2D eigenvalue weighted by Crippen LogP contribution is -1.97. The minimum atomic E-state index is -1.43. The Hall–Kier alpha value is -1.12. The molecule has 1 rings (SSSR count). The van der Waals surface area contributed by atoms with E-state index in [1.165, 1.54) is 19.3 Å². The summed E-state index contributed by atoms with van der Waals surface area (Å²) in [6.45, 7) is 4.53. The zero-order chi connectivity index (χ0) is 10.3. The molecule has 74 valence electrons. The van der Waals surface area contributed by atoms with Crippen molar-refractivity contribution in [3.8, 4) is 0 Å². The highest BCUT2D eigenvalue weighted by Gasteiger charge is 2.04. The van der Waals surface area contributed by atoms with E-state index < -0.39 is 5.97 Å². The van der Waals surface area contributed by atoms with Crippen LogP contribution in [0.3, 0.4) is 0 Å². The van der Waals surface area contributed by atoms with Gasteiger partial charge < -0.3 is 5.11 Å². The first-order valence-corrected chi connectivity index (χ1v) is 4.41. The van der Waals surface area contributed by atoms with Crippen molar-refractivity contribution < 1.29 is 14.7 Å². The number of hydrogen-bond acceptors (Lipinski definition) is 2. The molecule has 1 unspecified atom stereocenters. The summed E-state index contributed by atoms with van der Waals surface area (Å²) in [5.41, 5.74) is 1.59. The van der Waals surface area contributed by atoms with Gasteiger partial charge in [0.1, 0.15) is 0 Å². The Labute approximate surface area is 78.5 Å². The summed E-state index contributed by atoms with van der Waals surface area (Å²) in [5.74, 6) is -0.575. The van der Waals surface area contributed by atoms with E-state index in [1.54, 1.807) is 5.57 Å². The van der Waals surface area contributed by atoms with E-state index in [0.29, 0.717) is 0 Å². The minimum Gasteiger partial charge on any atom is -0.476 e. The zero-order valence-electron chi connectivity index (χ0n) is 8.12. The third-order valence-electron chi connectivity index (χ3n) is 1.90. The quantitative estimate of drug-likeness (QED) is 0.385. The van der Waals surface area contributed by atoms with E-state index in [2.05, 4.69) is 19.9 Å². The largest absolute Gasteiger partial charge is 0.476 e. The van der Waals surface area contributed by atoms with Crippen LogP contribution in [0.25, 0.3) is 0 Å². The van der Waals surface area contributed by atoms with Gasteiger partial charge in [-0.05, 0) is 32.1 Å². The van der Waals surface area contributed by atoms with Gasteiger partial charge in [-0.25, -0.2) is 4.79 Å². The molecule has 0 saturated heterocycles. The number of aldehydes is 1. The second kappa shape index (κ2) is 6.40. The summed E-state index contributed by atoms with van der Waals surface area (Å²) >= 11 is 0. The standard InChI is InChI=1S/C8H14.C2H2O3/c1-7-4-3-5-8(2)6-7;3-1-2(4)5/h6-7H,3-5H2,1-2H3;1H,(H,4,5). The van der Waals surface area contributed by atoms with E-state index in [-0.39, 0.29) is 6.29 Å². The molecule has 3 heteroatoms. The summed E-state index contributed by atoms with van der Waals surface area (Å²) in [5, 5.41) is 7.35. The molecule has 0 aromatic rings. The van der Waals surface area contributed by atoms with Gasteiger partial charge in [0.25, 0.3) is 0 Å². The van der Waals surface area contributed by atoms with Crippen molar-refractivity contribution in [1.82, 2.24) is 0 Å².